The van der Waals surface area contributed by atoms with Gasteiger partial charge in [0, 0.05) is 17.6 Å². The number of hydrogen-bond acceptors (Lipinski definition) is 9. The van der Waals surface area contributed by atoms with Crippen LogP contribution in [0.15, 0.2) is 83.2 Å². The van der Waals surface area contributed by atoms with Gasteiger partial charge in [0.25, 0.3) is 10.0 Å². The number of nitrogens with zero attached hydrogens (tertiary/aromatic N) is 4. The van der Waals surface area contributed by atoms with Crippen LogP contribution < -0.4 is 23.4 Å². The number of fused-ring (bicyclic) bond motifs is 1. The Balaban J connectivity index is 1.50. The van der Waals surface area contributed by atoms with Gasteiger partial charge < -0.3 is 19.1 Å². The summed E-state index contributed by atoms with van der Waals surface area (Å²) < 4.78 is 46.5. The molecule has 9 nitrogen and oxygen atoms in total. The topological polar surface area (TPSA) is 105 Å². The average Bonchev–Trinajstić information content (AvgIpc) is 3.50. The SMILES string of the molecule is COc1ccc(CN(c2nccs2)S(=O)(=O)c2ccc3c(c2)OCCN3c2ccccc2OC(C)(C)C#N)cc1. The predicted octanol–water partition coefficient (Wildman–Crippen LogP) is 5.76. The van der Waals surface area contributed by atoms with Crippen LogP contribution in [0.4, 0.5) is 16.5 Å². The van der Waals surface area contributed by atoms with Crippen LogP contribution in [0.3, 0.4) is 0 Å². The monoisotopic (exact) mass is 576 g/mol. The molecule has 0 N–H and O–H groups in total. The van der Waals surface area contributed by atoms with Crippen molar-refractivity contribution in [3.8, 4) is 23.3 Å². The highest BCUT2D eigenvalue weighted by Gasteiger charge is 2.31. The highest BCUT2D eigenvalue weighted by atomic mass is 32.2. The Morgan fingerprint density at radius 1 is 1.12 bits per heavy atom. The summed E-state index contributed by atoms with van der Waals surface area (Å²) in [6.45, 7) is 4.37. The third kappa shape index (κ3) is 5.54. The average molecular weight is 577 g/mol. The Morgan fingerprint density at radius 2 is 1.90 bits per heavy atom. The predicted molar refractivity (Wildman–Crippen MR) is 154 cm³/mol. The van der Waals surface area contributed by atoms with Gasteiger partial charge in [-0.3, -0.25) is 0 Å². The minimum atomic E-state index is -4.00. The maximum Gasteiger partial charge on any atom is 0.266 e. The summed E-state index contributed by atoms with van der Waals surface area (Å²) in [5.74, 6) is 1.67. The fourth-order valence-electron chi connectivity index (χ4n) is 4.29. The molecule has 0 radical (unpaired) electrons. The number of para-hydroxylation sites is 2. The Kier molecular flexibility index (Phi) is 7.56. The lowest BCUT2D eigenvalue weighted by molar-refractivity contribution is 0.170. The van der Waals surface area contributed by atoms with Gasteiger partial charge in [-0.2, -0.15) is 5.26 Å². The third-order valence-electron chi connectivity index (χ3n) is 6.29. The fourth-order valence-corrected chi connectivity index (χ4v) is 6.59. The van der Waals surface area contributed by atoms with Crippen molar-refractivity contribution in [3.05, 3.63) is 83.9 Å². The van der Waals surface area contributed by atoms with Gasteiger partial charge in [-0.05, 0) is 55.8 Å². The van der Waals surface area contributed by atoms with Crippen molar-refractivity contribution in [2.24, 2.45) is 0 Å². The molecular formula is C29H28N4O5S2. The minimum absolute atomic E-state index is 0.0898. The van der Waals surface area contributed by atoms with E-state index in [2.05, 4.69) is 11.1 Å². The number of aromatic nitrogens is 1. The second-order valence-corrected chi connectivity index (χ2v) is 12.2. The number of thiazole rings is 1. The molecule has 3 aromatic carbocycles. The molecule has 2 heterocycles. The van der Waals surface area contributed by atoms with Crippen LogP contribution in [-0.4, -0.2) is 39.3 Å². The number of hydrogen-bond donors (Lipinski definition) is 0. The first-order valence-electron chi connectivity index (χ1n) is 12.5. The van der Waals surface area contributed by atoms with Crippen LogP contribution in [0.2, 0.25) is 0 Å². The smallest absolute Gasteiger partial charge is 0.266 e. The molecule has 0 atom stereocenters. The summed E-state index contributed by atoms with van der Waals surface area (Å²) in [7, 11) is -2.42. The largest absolute Gasteiger partial charge is 0.497 e. The van der Waals surface area contributed by atoms with Crippen LogP contribution in [-0.2, 0) is 16.6 Å². The molecule has 0 amide bonds. The molecule has 4 aromatic rings. The van der Waals surface area contributed by atoms with Crippen molar-refractivity contribution in [3.63, 3.8) is 0 Å². The molecule has 0 spiro atoms. The number of benzene rings is 3. The Morgan fingerprint density at radius 3 is 2.60 bits per heavy atom. The van der Waals surface area contributed by atoms with Crippen molar-refractivity contribution >= 4 is 37.9 Å². The molecule has 0 saturated heterocycles. The van der Waals surface area contributed by atoms with Gasteiger partial charge in [0.1, 0.15) is 29.9 Å². The molecule has 0 aliphatic carbocycles. The Bertz CT molecular complexity index is 1630. The summed E-state index contributed by atoms with van der Waals surface area (Å²) in [6.07, 6.45) is 1.58. The van der Waals surface area contributed by atoms with Crippen molar-refractivity contribution in [1.29, 1.82) is 5.26 Å². The molecule has 5 rings (SSSR count). The number of anilines is 3. The second-order valence-electron chi connectivity index (χ2n) is 9.50. The normalized spacial score (nSPS) is 13.1. The number of ether oxygens (including phenoxy) is 3. The van der Waals surface area contributed by atoms with Crippen LogP contribution in [0.1, 0.15) is 19.4 Å². The van der Waals surface area contributed by atoms with E-state index in [0.29, 0.717) is 41.2 Å². The van der Waals surface area contributed by atoms with Crippen LogP contribution in [0.5, 0.6) is 17.2 Å². The fraction of sp³-hybridized carbons (Fsp3) is 0.241. The molecular weight excluding hydrogens is 548 g/mol. The van der Waals surface area contributed by atoms with E-state index in [0.717, 1.165) is 11.3 Å². The van der Waals surface area contributed by atoms with Crippen molar-refractivity contribution in [2.75, 3.05) is 29.5 Å². The van der Waals surface area contributed by atoms with Gasteiger partial charge >= 0.3 is 0 Å². The van der Waals surface area contributed by atoms with Gasteiger partial charge in [0.15, 0.2) is 10.7 Å². The minimum Gasteiger partial charge on any atom is -0.497 e. The van der Waals surface area contributed by atoms with E-state index in [1.165, 1.54) is 15.6 Å². The molecule has 0 unspecified atom stereocenters. The number of sulfonamides is 1. The van der Waals surface area contributed by atoms with Gasteiger partial charge in [-0.15, -0.1) is 11.3 Å². The Labute approximate surface area is 237 Å². The lowest BCUT2D eigenvalue weighted by Crippen LogP contribution is -2.32. The van der Waals surface area contributed by atoms with Crippen molar-refractivity contribution in [2.45, 2.75) is 30.9 Å². The molecule has 0 bridgehead atoms. The van der Waals surface area contributed by atoms with E-state index in [1.54, 1.807) is 62.9 Å². The summed E-state index contributed by atoms with van der Waals surface area (Å²) in [5, 5.41) is 11.6. The van der Waals surface area contributed by atoms with Crippen molar-refractivity contribution < 1.29 is 22.6 Å². The van der Waals surface area contributed by atoms with E-state index in [9.17, 15) is 13.7 Å². The summed E-state index contributed by atoms with van der Waals surface area (Å²) in [4.78, 5) is 6.39. The molecule has 0 saturated carbocycles. The lowest BCUT2D eigenvalue weighted by atomic mass is 10.1. The standard InChI is InChI=1S/C29H28N4O5S2/c1-29(2,20-30)38-26-7-5-4-6-24(26)32-15-16-37-27-18-23(12-13-25(27)32)40(34,35)33(28-31-14-17-39-28)19-21-8-10-22(36-3)11-9-21/h4-14,17-18H,15-16,19H2,1-3H3. The van der Waals surface area contributed by atoms with Gasteiger partial charge in [-0.25, -0.2) is 17.7 Å². The van der Waals surface area contributed by atoms with Gasteiger partial charge in [-0.1, -0.05) is 24.3 Å². The molecule has 40 heavy (non-hydrogen) atoms. The van der Waals surface area contributed by atoms with Crippen LogP contribution in [0, 0.1) is 11.3 Å². The van der Waals surface area contributed by atoms with Gasteiger partial charge in [0.05, 0.1) is 36.5 Å². The zero-order valence-corrected chi connectivity index (χ0v) is 23.9. The highest BCUT2D eigenvalue weighted by Crippen LogP contribution is 2.43. The molecule has 1 aromatic heterocycles. The molecule has 11 heteroatoms. The molecule has 0 fully saturated rings. The first-order valence-corrected chi connectivity index (χ1v) is 14.8. The highest BCUT2D eigenvalue weighted by molar-refractivity contribution is 7.93. The summed E-state index contributed by atoms with van der Waals surface area (Å²) in [6, 6.07) is 21.7. The zero-order valence-electron chi connectivity index (χ0n) is 22.3. The molecule has 1 aliphatic heterocycles. The van der Waals surface area contributed by atoms with E-state index in [1.807, 2.05) is 41.3 Å². The Hall–Kier alpha value is -4.27. The first kappa shape index (κ1) is 27.3. The molecule has 206 valence electrons. The van der Waals surface area contributed by atoms with Gasteiger partial charge in [0.2, 0.25) is 0 Å². The maximum absolute atomic E-state index is 14.0. The summed E-state index contributed by atoms with van der Waals surface area (Å²) >= 11 is 1.25. The zero-order chi connectivity index (χ0) is 28.3. The lowest BCUT2D eigenvalue weighted by Gasteiger charge is -2.33. The van der Waals surface area contributed by atoms with E-state index in [4.69, 9.17) is 14.2 Å². The molecule has 1 aliphatic rings. The van der Waals surface area contributed by atoms with E-state index >= 15 is 0 Å². The van der Waals surface area contributed by atoms with Crippen molar-refractivity contribution in [1.82, 2.24) is 4.98 Å². The first-order chi connectivity index (χ1) is 19.2. The maximum atomic E-state index is 14.0. The summed E-state index contributed by atoms with van der Waals surface area (Å²) in [5.41, 5.74) is 1.23. The number of nitriles is 1. The van der Waals surface area contributed by atoms with Crippen LogP contribution in [0.25, 0.3) is 0 Å². The van der Waals surface area contributed by atoms with Crippen LogP contribution >= 0.6 is 11.3 Å². The van der Waals surface area contributed by atoms with E-state index < -0.39 is 15.6 Å². The third-order valence-corrected chi connectivity index (χ3v) is 8.93. The van der Waals surface area contributed by atoms with E-state index in [-0.39, 0.29) is 11.4 Å². The second kappa shape index (κ2) is 11.1. The number of methoxy groups -OCH3 is 1. The quantitative estimate of drug-likeness (QED) is 0.248. The number of rotatable bonds is 9.